The maximum absolute atomic E-state index is 11.2. The van der Waals surface area contributed by atoms with Gasteiger partial charge in [-0.1, -0.05) is 19.3 Å². The first-order valence-corrected chi connectivity index (χ1v) is 7.32. The molecule has 1 atom stereocenters. The van der Waals surface area contributed by atoms with E-state index in [-0.39, 0.29) is 28.5 Å². The summed E-state index contributed by atoms with van der Waals surface area (Å²) in [5.74, 6) is 0.753. The summed E-state index contributed by atoms with van der Waals surface area (Å²) < 4.78 is 0. The van der Waals surface area contributed by atoms with Gasteiger partial charge in [0, 0.05) is 6.04 Å². The van der Waals surface area contributed by atoms with E-state index in [0.29, 0.717) is 5.92 Å². The molecule has 1 N–H and O–H groups in total. The van der Waals surface area contributed by atoms with Crippen molar-refractivity contribution < 1.29 is 4.92 Å². The van der Waals surface area contributed by atoms with Crippen molar-refractivity contribution in [1.82, 2.24) is 9.97 Å². The molecule has 1 unspecified atom stereocenters. The standard InChI is InChI=1S/C13H19ClN4O2/c1-8(10-6-4-3-5-7-10)15-12-11(18(19)20)9(2)16-13(14)17-12/h8,10H,3-7H2,1-2H3,(H,15,16,17). The minimum atomic E-state index is -0.457. The van der Waals surface area contributed by atoms with Crippen LogP contribution in [0.2, 0.25) is 5.28 Å². The summed E-state index contributed by atoms with van der Waals surface area (Å²) in [6.45, 7) is 3.62. The van der Waals surface area contributed by atoms with Gasteiger partial charge >= 0.3 is 5.69 Å². The van der Waals surface area contributed by atoms with Gasteiger partial charge in [-0.2, -0.15) is 4.98 Å². The van der Waals surface area contributed by atoms with E-state index in [1.807, 2.05) is 6.92 Å². The summed E-state index contributed by atoms with van der Waals surface area (Å²) in [4.78, 5) is 18.5. The zero-order valence-electron chi connectivity index (χ0n) is 11.7. The van der Waals surface area contributed by atoms with Crippen molar-refractivity contribution in [2.24, 2.45) is 5.92 Å². The Kier molecular flexibility index (Phi) is 4.75. The predicted octanol–water partition coefficient (Wildman–Crippen LogP) is 3.73. The maximum Gasteiger partial charge on any atom is 0.332 e. The van der Waals surface area contributed by atoms with Crippen LogP contribution in [0, 0.1) is 23.0 Å². The Morgan fingerprint density at radius 2 is 2.00 bits per heavy atom. The number of hydrogen-bond donors (Lipinski definition) is 1. The van der Waals surface area contributed by atoms with Crippen molar-refractivity contribution in [2.45, 2.75) is 52.0 Å². The summed E-state index contributed by atoms with van der Waals surface area (Å²) in [6.07, 6.45) is 6.03. The number of hydrogen-bond acceptors (Lipinski definition) is 5. The van der Waals surface area contributed by atoms with Crippen molar-refractivity contribution >= 4 is 23.1 Å². The van der Waals surface area contributed by atoms with Gasteiger partial charge in [0.25, 0.3) is 0 Å². The minimum absolute atomic E-state index is 0.0337. The number of aryl methyl sites for hydroxylation is 1. The van der Waals surface area contributed by atoms with Gasteiger partial charge in [0.1, 0.15) is 5.69 Å². The number of rotatable bonds is 4. The third-order valence-electron chi connectivity index (χ3n) is 3.93. The molecule has 0 bridgehead atoms. The van der Waals surface area contributed by atoms with Gasteiger partial charge in [0.2, 0.25) is 11.1 Å². The smallest absolute Gasteiger partial charge is 0.332 e. The fourth-order valence-corrected chi connectivity index (χ4v) is 3.03. The van der Waals surface area contributed by atoms with Crippen LogP contribution in [0.5, 0.6) is 0 Å². The average molecular weight is 299 g/mol. The second-order valence-electron chi connectivity index (χ2n) is 5.36. The van der Waals surface area contributed by atoms with Crippen molar-refractivity contribution in [2.75, 3.05) is 5.32 Å². The van der Waals surface area contributed by atoms with E-state index in [0.717, 1.165) is 12.8 Å². The highest BCUT2D eigenvalue weighted by Gasteiger charge is 2.26. The average Bonchev–Trinajstić information content (AvgIpc) is 2.38. The van der Waals surface area contributed by atoms with Gasteiger partial charge in [-0.05, 0) is 44.2 Å². The summed E-state index contributed by atoms with van der Waals surface area (Å²) in [5.41, 5.74) is 0.199. The minimum Gasteiger partial charge on any atom is -0.361 e. The van der Waals surface area contributed by atoms with Crippen LogP contribution in [-0.2, 0) is 0 Å². The summed E-state index contributed by atoms with van der Waals surface area (Å²) in [6, 6.07) is 0.138. The number of nitro groups is 1. The molecule has 0 amide bonds. The van der Waals surface area contributed by atoms with E-state index in [1.165, 1.54) is 19.3 Å². The largest absolute Gasteiger partial charge is 0.361 e. The zero-order valence-corrected chi connectivity index (χ0v) is 12.5. The molecule has 0 spiro atoms. The van der Waals surface area contributed by atoms with Gasteiger partial charge in [-0.3, -0.25) is 10.1 Å². The van der Waals surface area contributed by atoms with Crippen LogP contribution in [0.1, 0.15) is 44.7 Å². The first-order valence-electron chi connectivity index (χ1n) is 6.94. The van der Waals surface area contributed by atoms with Gasteiger partial charge in [0.05, 0.1) is 4.92 Å². The highest BCUT2D eigenvalue weighted by molar-refractivity contribution is 6.28. The van der Waals surface area contributed by atoms with Crippen LogP contribution in [0.25, 0.3) is 0 Å². The zero-order chi connectivity index (χ0) is 14.7. The second kappa shape index (κ2) is 6.35. The second-order valence-corrected chi connectivity index (χ2v) is 5.70. The van der Waals surface area contributed by atoms with E-state index < -0.39 is 4.92 Å². The van der Waals surface area contributed by atoms with E-state index >= 15 is 0 Å². The monoisotopic (exact) mass is 298 g/mol. The van der Waals surface area contributed by atoms with E-state index in [1.54, 1.807) is 6.92 Å². The van der Waals surface area contributed by atoms with Crippen molar-refractivity contribution in [3.05, 3.63) is 21.1 Å². The van der Waals surface area contributed by atoms with Gasteiger partial charge in [-0.15, -0.1) is 0 Å². The Balaban J connectivity index is 2.21. The lowest BCUT2D eigenvalue weighted by Crippen LogP contribution is -2.28. The quantitative estimate of drug-likeness (QED) is 0.520. The number of nitrogens with one attached hydrogen (secondary N) is 1. The Morgan fingerprint density at radius 1 is 1.35 bits per heavy atom. The molecule has 1 aromatic heterocycles. The van der Waals surface area contributed by atoms with Gasteiger partial charge in [-0.25, -0.2) is 4.98 Å². The Labute approximate surface area is 123 Å². The van der Waals surface area contributed by atoms with Crippen LogP contribution in [0.3, 0.4) is 0 Å². The first kappa shape index (κ1) is 15.0. The Morgan fingerprint density at radius 3 is 2.60 bits per heavy atom. The van der Waals surface area contributed by atoms with Crippen LogP contribution >= 0.6 is 11.6 Å². The van der Waals surface area contributed by atoms with Crippen molar-refractivity contribution in [3.63, 3.8) is 0 Å². The predicted molar refractivity (Wildman–Crippen MR) is 78.1 cm³/mol. The Hall–Kier alpha value is -1.43. The molecule has 20 heavy (non-hydrogen) atoms. The van der Waals surface area contributed by atoms with E-state index in [9.17, 15) is 10.1 Å². The molecule has 0 aliphatic heterocycles. The van der Waals surface area contributed by atoms with E-state index in [4.69, 9.17) is 11.6 Å². The molecule has 0 saturated heterocycles. The molecule has 1 fully saturated rings. The van der Waals surface area contributed by atoms with Crippen LogP contribution < -0.4 is 5.32 Å². The number of aromatic nitrogens is 2. The molecule has 1 aliphatic carbocycles. The molecule has 6 nitrogen and oxygen atoms in total. The normalized spacial score (nSPS) is 17.8. The maximum atomic E-state index is 11.2. The molecule has 7 heteroatoms. The molecule has 2 rings (SSSR count). The highest BCUT2D eigenvalue weighted by Crippen LogP contribution is 2.31. The third-order valence-corrected chi connectivity index (χ3v) is 4.10. The fourth-order valence-electron chi connectivity index (χ4n) is 2.82. The molecule has 1 aliphatic rings. The van der Waals surface area contributed by atoms with Crippen LogP contribution in [0.15, 0.2) is 0 Å². The summed E-state index contributed by atoms with van der Waals surface area (Å²) in [7, 11) is 0. The lowest BCUT2D eigenvalue weighted by atomic mass is 9.84. The Bertz CT molecular complexity index is 503. The number of anilines is 1. The van der Waals surface area contributed by atoms with Gasteiger partial charge < -0.3 is 5.32 Å². The molecule has 1 saturated carbocycles. The lowest BCUT2D eigenvalue weighted by molar-refractivity contribution is -0.385. The van der Waals surface area contributed by atoms with Crippen molar-refractivity contribution in [3.8, 4) is 0 Å². The molecule has 0 radical (unpaired) electrons. The molecular formula is C13H19ClN4O2. The highest BCUT2D eigenvalue weighted by atomic mass is 35.5. The molecular weight excluding hydrogens is 280 g/mol. The summed E-state index contributed by atoms with van der Waals surface area (Å²) >= 11 is 5.81. The van der Waals surface area contributed by atoms with Crippen LogP contribution in [0.4, 0.5) is 11.5 Å². The van der Waals surface area contributed by atoms with Gasteiger partial charge in [0.15, 0.2) is 0 Å². The fraction of sp³-hybridized carbons (Fsp3) is 0.692. The summed E-state index contributed by atoms with van der Waals surface area (Å²) in [5, 5.41) is 14.4. The van der Waals surface area contributed by atoms with Crippen LogP contribution in [-0.4, -0.2) is 20.9 Å². The first-order chi connectivity index (χ1) is 9.49. The third kappa shape index (κ3) is 3.36. The van der Waals surface area contributed by atoms with E-state index in [2.05, 4.69) is 15.3 Å². The molecule has 1 aromatic rings. The molecule has 0 aromatic carbocycles. The molecule has 110 valence electrons. The lowest BCUT2D eigenvalue weighted by Gasteiger charge is -2.28. The number of nitrogens with zero attached hydrogens (tertiary/aromatic N) is 3. The molecule has 1 heterocycles. The topological polar surface area (TPSA) is 81.0 Å². The number of halogens is 1. The van der Waals surface area contributed by atoms with Crippen molar-refractivity contribution in [1.29, 1.82) is 0 Å². The SMILES string of the molecule is Cc1nc(Cl)nc(NC(C)C2CCCCC2)c1[N+](=O)[O-].